The molecule has 2 amide bonds. The van der Waals surface area contributed by atoms with Crippen LogP contribution in [0.5, 0.6) is 0 Å². The predicted octanol–water partition coefficient (Wildman–Crippen LogP) is 2.43. The van der Waals surface area contributed by atoms with Gasteiger partial charge in [0.1, 0.15) is 0 Å². The van der Waals surface area contributed by atoms with Gasteiger partial charge < -0.3 is 10.2 Å². The molecule has 1 fully saturated rings. The van der Waals surface area contributed by atoms with Gasteiger partial charge in [0.2, 0.25) is 11.8 Å². The zero-order valence-corrected chi connectivity index (χ0v) is 13.3. The molecule has 1 saturated heterocycles. The minimum atomic E-state index is -0.238. The molecule has 1 aliphatic heterocycles. The van der Waals surface area contributed by atoms with E-state index in [1.807, 2.05) is 32.0 Å². The van der Waals surface area contributed by atoms with Gasteiger partial charge in [0.15, 0.2) is 0 Å². The largest absolute Gasteiger partial charge is 0.356 e. The van der Waals surface area contributed by atoms with Crippen molar-refractivity contribution in [3.63, 3.8) is 0 Å². The van der Waals surface area contributed by atoms with E-state index >= 15 is 0 Å². The van der Waals surface area contributed by atoms with Gasteiger partial charge in [-0.15, -0.1) is 0 Å². The third kappa shape index (κ3) is 3.63. The summed E-state index contributed by atoms with van der Waals surface area (Å²) in [6, 6.07) is 5.99. The summed E-state index contributed by atoms with van der Waals surface area (Å²) in [5.74, 6) is 0.200. The van der Waals surface area contributed by atoms with E-state index in [4.69, 9.17) is 0 Å². The molecule has 4 heteroatoms. The third-order valence-corrected chi connectivity index (χ3v) is 3.98. The number of aryl methyl sites for hydroxylation is 2. The van der Waals surface area contributed by atoms with Gasteiger partial charge in [0, 0.05) is 25.2 Å². The molecule has 0 unspecified atom stereocenters. The van der Waals surface area contributed by atoms with E-state index in [9.17, 15) is 9.59 Å². The molecule has 1 N–H and O–H groups in total. The molecule has 1 atom stereocenters. The minimum Gasteiger partial charge on any atom is -0.356 e. The quantitative estimate of drug-likeness (QED) is 0.925. The number of anilines is 1. The number of benzene rings is 1. The summed E-state index contributed by atoms with van der Waals surface area (Å²) in [5.41, 5.74) is 3.26. The zero-order chi connectivity index (χ0) is 15.6. The highest BCUT2D eigenvalue weighted by Gasteiger charge is 2.35. The maximum Gasteiger partial charge on any atom is 0.227 e. The van der Waals surface area contributed by atoms with Crippen LogP contribution in [0.25, 0.3) is 0 Å². The molecule has 0 spiro atoms. The maximum atomic E-state index is 12.2. The monoisotopic (exact) mass is 288 g/mol. The molecule has 1 aliphatic rings. The van der Waals surface area contributed by atoms with Gasteiger partial charge >= 0.3 is 0 Å². The first kappa shape index (κ1) is 15.5. The number of amides is 2. The standard InChI is InChI=1S/C17H24N2O2/c1-11(2)9-18-17(21)14-8-16(20)19(10-14)15-6-5-12(3)13(4)7-15/h5-7,11,14H,8-10H2,1-4H3,(H,18,21)/t14-/m0/s1. The van der Waals surface area contributed by atoms with Gasteiger partial charge in [-0.25, -0.2) is 0 Å². The molecule has 114 valence electrons. The Hall–Kier alpha value is -1.84. The first-order valence-corrected chi connectivity index (χ1v) is 7.53. The highest BCUT2D eigenvalue weighted by atomic mass is 16.2. The number of nitrogens with zero attached hydrogens (tertiary/aromatic N) is 1. The fourth-order valence-electron chi connectivity index (χ4n) is 2.48. The first-order valence-electron chi connectivity index (χ1n) is 7.53. The summed E-state index contributed by atoms with van der Waals surface area (Å²) >= 11 is 0. The van der Waals surface area contributed by atoms with E-state index < -0.39 is 0 Å². The summed E-state index contributed by atoms with van der Waals surface area (Å²) in [6.45, 7) is 9.33. The van der Waals surface area contributed by atoms with Gasteiger partial charge in [0.25, 0.3) is 0 Å². The molecule has 1 heterocycles. The Bertz CT molecular complexity index is 552. The highest BCUT2D eigenvalue weighted by Crippen LogP contribution is 2.26. The Balaban J connectivity index is 2.05. The minimum absolute atomic E-state index is 0.0108. The van der Waals surface area contributed by atoms with Crippen LogP contribution in [0, 0.1) is 25.7 Å². The molecule has 0 aliphatic carbocycles. The molecule has 0 aromatic heterocycles. The normalized spacial score (nSPS) is 18.4. The van der Waals surface area contributed by atoms with Crippen molar-refractivity contribution in [3.05, 3.63) is 29.3 Å². The van der Waals surface area contributed by atoms with Crippen molar-refractivity contribution in [2.45, 2.75) is 34.1 Å². The molecule has 21 heavy (non-hydrogen) atoms. The Morgan fingerprint density at radius 1 is 1.33 bits per heavy atom. The van der Waals surface area contributed by atoms with Crippen LogP contribution in [0.1, 0.15) is 31.4 Å². The van der Waals surface area contributed by atoms with Crippen LogP contribution in [-0.2, 0) is 9.59 Å². The lowest BCUT2D eigenvalue weighted by Gasteiger charge is -2.18. The average molecular weight is 288 g/mol. The second-order valence-corrected chi connectivity index (χ2v) is 6.31. The molecular weight excluding hydrogens is 264 g/mol. The molecular formula is C17H24N2O2. The molecule has 4 nitrogen and oxygen atoms in total. The summed E-state index contributed by atoms with van der Waals surface area (Å²) < 4.78 is 0. The van der Waals surface area contributed by atoms with Crippen molar-refractivity contribution in [1.29, 1.82) is 0 Å². The van der Waals surface area contributed by atoms with E-state index in [-0.39, 0.29) is 17.7 Å². The number of carbonyl (C=O) groups is 2. The van der Waals surface area contributed by atoms with Gasteiger partial charge in [-0.1, -0.05) is 19.9 Å². The van der Waals surface area contributed by atoms with Crippen LogP contribution in [0.4, 0.5) is 5.69 Å². The summed E-state index contributed by atoms with van der Waals surface area (Å²) in [7, 11) is 0. The summed E-state index contributed by atoms with van der Waals surface area (Å²) in [4.78, 5) is 26.0. The number of rotatable bonds is 4. The Kier molecular flexibility index (Phi) is 4.66. The smallest absolute Gasteiger partial charge is 0.227 e. The van der Waals surface area contributed by atoms with Crippen LogP contribution in [0.15, 0.2) is 18.2 Å². The van der Waals surface area contributed by atoms with E-state index in [0.717, 1.165) is 11.3 Å². The second kappa shape index (κ2) is 6.29. The maximum absolute atomic E-state index is 12.2. The number of hydrogen-bond donors (Lipinski definition) is 1. The van der Waals surface area contributed by atoms with Gasteiger partial charge in [-0.2, -0.15) is 0 Å². The summed E-state index contributed by atoms with van der Waals surface area (Å²) in [5, 5.41) is 2.92. The van der Waals surface area contributed by atoms with Crippen LogP contribution >= 0.6 is 0 Å². The summed E-state index contributed by atoms with van der Waals surface area (Å²) in [6.07, 6.45) is 0.302. The fourth-order valence-corrected chi connectivity index (χ4v) is 2.48. The van der Waals surface area contributed by atoms with Gasteiger partial charge in [0.05, 0.1) is 5.92 Å². The van der Waals surface area contributed by atoms with Crippen molar-refractivity contribution in [3.8, 4) is 0 Å². The molecule has 2 rings (SSSR count). The molecule has 1 aromatic carbocycles. The molecule has 0 saturated carbocycles. The van der Waals surface area contributed by atoms with Gasteiger partial charge in [-0.3, -0.25) is 9.59 Å². The average Bonchev–Trinajstić information content (AvgIpc) is 2.81. The lowest BCUT2D eigenvalue weighted by atomic mass is 10.1. The SMILES string of the molecule is Cc1ccc(N2C[C@@H](C(=O)NCC(C)C)CC2=O)cc1C. The number of hydrogen-bond acceptors (Lipinski definition) is 2. The molecule has 0 bridgehead atoms. The Labute approximate surface area is 126 Å². The zero-order valence-electron chi connectivity index (χ0n) is 13.3. The van der Waals surface area contributed by atoms with Crippen molar-refractivity contribution >= 4 is 17.5 Å². The van der Waals surface area contributed by atoms with Crippen LogP contribution in [0.3, 0.4) is 0 Å². The van der Waals surface area contributed by atoms with E-state index in [1.165, 1.54) is 5.56 Å². The Morgan fingerprint density at radius 3 is 2.67 bits per heavy atom. The topological polar surface area (TPSA) is 49.4 Å². The highest BCUT2D eigenvalue weighted by molar-refractivity contribution is 6.00. The van der Waals surface area contributed by atoms with E-state index in [0.29, 0.717) is 25.4 Å². The number of nitrogens with one attached hydrogen (secondary N) is 1. The number of carbonyl (C=O) groups excluding carboxylic acids is 2. The first-order chi connectivity index (χ1) is 9.88. The third-order valence-electron chi connectivity index (χ3n) is 3.98. The Morgan fingerprint density at radius 2 is 2.05 bits per heavy atom. The molecule has 0 radical (unpaired) electrons. The molecule has 1 aromatic rings. The van der Waals surface area contributed by atoms with E-state index in [2.05, 4.69) is 19.2 Å². The lowest BCUT2D eigenvalue weighted by molar-refractivity contribution is -0.126. The van der Waals surface area contributed by atoms with Crippen molar-refractivity contribution < 1.29 is 9.59 Å². The van der Waals surface area contributed by atoms with Crippen molar-refractivity contribution in [2.24, 2.45) is 11.8 Å². The lowest BCUT2D eigenvalue weighted by Crippen LogP contribution is -2.35. The van der Waals surface area contributed by atoms with Crippen LogP contribution in [0.2, 0.25) is 0 Å². The second-order valence-electron chi connectivity index (χ2n) is 6.31. The fraction of sp³-hybridized carbons (Fsp3) is 0.529. The van der Waals surface area contributed by atoms with Crippen molar-refractivity contribution in [2.75, 3.05) is 18.0 Å². The van der Waals surface area contributed by atoms with E-state index in [1.54, 1.807) is 4.90 Å². The van der Waals surface area contributed by atoms with Crippen LogP contribution < -0.4 is 10.2 Å². The van der Waals surface area contributed by atoms with Crippen molar-refractivity contribution in [1.82, 2.24) is 5.32 Å². The predicted molar refractivity (Wildman–Crippen MR) is 84.2 cm³/mol. The van der Waals surface area contributed by atoms with Gasteiger partial charge in [-0.05, 0) is 43.0 Å². The van der Waals surface area contributed by atoms with Crippen LogP contribution in [-0.4, -0.2) is 24.9 Å².